The van der Waals surface area contributed by atoms with E-state index in [0.29, 0.717) is 26.1 Å². The predicted molar refractivity (Wildman–Crippen MR) is 66.5 cm³/mol. The lowest BCUT2D eigenvalue weighted by atomic mass is 9.90. The van der Waals surface area contributed by atoms with Crippen LogP contribution in [0.1, 0.15) is 18.4 Å². The number of aliphatic carboxylic acids is 1. The van der Waals surface area contributed by atoms with E-state index in [9.17, 15) is 14.7 Å². The van der Waals surface area contributed by atoms with Crippen LogP contribution in [0.3, 0.4) is 0 Å². The molecule has 0 bridgehead atoms. The van der Waals surface area contributed by atoms with Gasteiger partial charge in [0.05, 0.1) is 6.42 Å². The molecule has 19 heavy (non-hydrogen) atoms. The van der Waals surface area contributed by atoms with Gasteiger partial charge in [-0.25, -0.2) is 4.79 Å². The van der Waals surface area contributed by atoms with E-state index in [1.54, 1.807) is 24.5 Å². The fourth-order valence-corrected chi connectivity index (χ4v) is 2.11. The van der Waals surface area contributed by atoms with E-state index >= 15 is 0 Å². The highest BCUT2D eigenvalue weighted by molar-refractivity contribution is 5.88. The van der Waals surface area contributed by atoms with Crippen LogP contribution in [0.25, 0.3) is 0 Å². The maximum absolute atomic E-state index is 12.0. The molecule has 0 aromatic carbocycles. The van der Waals surface area contributed by atoms with Crippen LogP contribution in [0.4, 0.5) is 0 Å². The van der Waals surface area contributed by atoms with Gasteiger partial charge in [0.25, 0.3) is 0 Å². The van der Waals surface area contributed by atoms with Crippen LogP contribution in [0, 0.1) is 0 Å². The smallest absolute Gasteiger partial charge is 0.329 e. The molecule has 1 saturated heterocycles. The van der Waals surface area contributed by atoms with Crippen LogP contribution < -0.4 is 5.32 Å². The summed E-state index contributed by atoms with van der Waals surface area (Å²) in [5.41, 5.74) is -0.386. The van der Waals surface area contributed by atoms with Crippen LogP contribution in [0.5, 0.6) is 0 Å². The number of amides is 1. The number of aromatic nitrogens is 1. The van der Waals surface area contributed by atoms with E-state index in [-0.39, 0.29) is 12.3 Å². The summed E-state index contributed by atoms with van der Waals surface area (Å²) >= 11 is 0. The highest BCUT2D eigenvalue weighted by atomic mass is 16.5. The Kier molecular flexibility index (Phi) is 4.11. The zero-order valence-electron chi connectivity index (χ0n) is 10.5. The molecule has 1 aromatic rings. The van der Waals surface area contributed by atoms with Gasteiger partial charge in [-0.2, -0.15) is 0 Å². The van der Waals surface area contributed by atoms with Crippen molar-refractivity contribution >= 4 is 11.9 Å². The lowest BCUT2D eigenvalue weighted by Crippen LogP contribution is -2.57. The van der Waals surface area contributed by atoms with Gasteiger partial charge in [-0.3, -0.25) is 9.78 Å². The van der Waals surface area contributed by atoms with E-state index in [2.05, 4.69) is 10.3 Å². The van der Waals surface area contributed by atoms with E-state index in [1.807, 2.05) is 0 Å². The summed E-state index contributed by atoms with van der Waals surface area (Å²) in [6.07, 6.45) is 3.95. The minimum absolute atomic E-state index is 0.151. The Bertz CT molecular complexity index is 455. The Hall–Kier alpha value is -1.95. The van der Waals surface area contributed by atoms with Crippen LogP contribution in [-0.4, -0.2) is 40.7 Å². The lowest BCUT2D eigenvalue weighted by molar-refractivity contribution is -0.152. The molecule has 2 N–H and O–H groups in total. The molecular formula is C13H16N2O4. The summed E-state index contributed by atoms with van der Waals surface area (Å²) < 4.78 is 5.15. The van der Waals surface area contributed by atoms with Crippen molar-refractivity contribution < 1.29 is 19.4 Å². The standard InChI is InChI=1S/C13H16N2O4/c16-11(9-10-1-5-14-6-2-10)15-13(12(17)18)3-7-19-8-4-13/h1-2,5-6H,3-4,7-9H2,(H,15,16)(H,17,18). The molecule has 0 aliphatic carbocycles. The Morgan fingerprint density at radius 3 is 2.53 bits per heavy atom. The first kappa shape index (κ1) is 13.5. The van der Waals surface area contributed by atoms with Crippen LogP contribution in [-0.2, 0) is 20.7 Å². The molecule has 2 rings (SSSR count). The summed E-state index contributed by atoms with van der Waals surface area (Å²) in [5, 5.41) is 12.0. The summed E-state index contributed by atoms with van der Waals surface area (Å²) in [6.45, 7) is 0.698. The number of carboxylic acid groups (broad SMARTS) is 1. The maximum Gasteiger partial charge on any atom is 0.329 e. The molecule has 0 unspecified atom stereocenters. The average molecular weight is 264 g/mol. The van der Waals surface area contributed by atoms with Gasteiger partial charge < -0.3 is 15.2 Å². The number of rotatable bonds is 4. The molecule has 0 saturated carbocycles. The Morgan fingerprint density at radius 2 is 1.95 bits per heavy atom. The quantitative estimate of drug-likeness (QED) is 0.820. The molecule has 1 aromatic heterocycles. The zero-order valence-corrected chi connectivity index (χ0v) is 10.5. The van der Waals surface area contributed by atoms with E-state index < -0.39 is 11.5 Å². The molecule has 1 amide bonds. The Labute approximate surface area is 110 Å². The van der Waals surface area contributed by atoms with Gasteiger partial charge in [-0.1, -0.05) is 0 Å². The molecule has 0 atom stereocenters. The molecule has 1 aliphatic heterocycles. The minimum atomic E-state index is -1.19. The zero-order chi connectivity index (χ0) is 13.7. The number of hydrogen-bond donors (Lipinski definition) is 2. The van der Waals surface area contributed by atoms with Crippen molar-refractivity contribution in [3.8, 4) is 0 Å². The second-order valence-electron chi connectivity index (χ2n) is 4.58. The number of carbonyl (C=O) groups excluding carboxylic acids is 1. The van der Waals surface area contributed by atoms with E-state index in [4.69, 9.17) is 4.74 Å². The van der Waals surface area contributed by atoms with Crippen molar-refractivity contribution in [1.82, 2.24) is 10.3 Å². The maximum atomic E-state index is 12.0. The summed E-state index contributed by atoms with van der Waals surface area (Å²) in [7, 11) is 0. The number of nitrogens with one attached hydrogen (secondary N) is 1. The first-order chi connectivity index (χ1) is 9.12. The van der Waals surface area contributed by atoms with Crippen molar-refractivity contribution in [1.29, 1.82) is 0 Å². The number of ether oxygens (including phenoxy) is 1. The summed E-state index contributed by atoms with van der Waals surface area (Å²) in [6, 6.07) is 3.47. The fraction of sp³-hybridized carbons (Fsp3) is 0.462. The van der Waals surface area contributed by atoms with Gasteiger partial charge in [0.15, 0.2) is 0 Å². The molecule has 2 heterocycles. The van der Waals surface area contributed by atoms with Gasteiger partial charge in [0.1, 0.15) is 5.54 Å². The summed E-state index contributed by atoms with van der Waals surface area (Å²) in [4.78, 5) is 27.2. The molecule has 6 nitrogen and oxygen atoms in total. The molecule has 0 radical (unpaired) electrons. The topological polar surface area (TPSA) is 88.5 Å². The molecule has 6 heteroatoms. The van der Waals surface area contributed by atoms with Crippen molar-refractivity contribution in [3.63, 3.8) is 0 Å². The van der Waals surface area contributed by atoms with Gasteiger partial charge in [0, 0.05) is 38.4 Å². The Morgan fingerprint density at radius 1 is 1.32 bits per heavy atom. The number of nitrogens with zero attached hydrogens (tertiary/aromatic N) is 1. The number of pyridine rings is 1. The number of carboxylic acids is 1. The normalized spacial score (nSPS) is 17.7. The van der Waals surface area contributed by atoms with Crippen LogP contribution in [0.15, 0.2) is 24.5 Å². The summed E-state index contributed by atoms with van der Waals surface area (Å²) in [5.74, 6) is -1.30. The van der Waals surface area contributed by atoms with Crippen molar-refractivity contribution in [2.24, 2.45) is 0 Å². The highest BCUT2D eigenvalue weighted by Gasteiger charge is 2.41. The van der Waals surface area contributed by atoms with Gasteiger partial charge in [-0.05, 0) is 17.7 Å². The first-order valence-corrected chi connectivity index (χ1v) is 6.13. The second kappa shape index (κ2) is 5.79. The van der Waals surface area contributed by atoms with Gasteiger partial charge in [-0.15, -0.1) is 0 Å². The Balaban J connectivity index is 2.01. The third-order valence-corrected chi connectivity index (χ3v) is 3.25. The van der Waals surface area contributed by atoms with Gasteiger partial charge in [0.2, 0.25) is 5.91 Å². The monoisotopic (exact) mass is 264 g/mol. The molecular weight excluding hydrogens is 248 g/mol. The number of carbonyl (C=O) groups is 2. The van der Waals surface area contributed by atoms with Crippen LogP contribution in [0.2, 0.25) is 0 Å². The van der Waals surface area contributed by atoms with Gasteiger partial charge >= 0.3 is 5.97 Å². The van der Waals surface area contributed by atoms with Crippen molar-refractivity contribution in [3.05, 3.63) is 30.1 Å². The minimum Gasteiger partial charge on any atom is -0.480 e. The molecule has 1 aliphatic rings. The van der Waals surface area contributed by atoms with E-state index in [1.165, 1.54) is 0 Å². The molecule has 0 spiro atoms. The largest absolute Gasteiger partial charge is 0.480 e. The van der Waals surface area contributed by atoms with Crippen LogP contribution >= 0.6 is 0 Å². The predicted octanol–water partition coefficient (Wildman–Crippen LogP) is 0.374. The third-order valence-electron chi connectivity index (χ3n) is 3.25. The van der Waals surface area contributed by atoms with Crippen molar-refractivity contribution in [2.45, 2.75) is 24.8 Å². The van der Waals surface area contributed by atoms with E-state index in [0.717, 1.165) is 5.56 Å². The third kappa shape index (κ3) is 3.29. The first-order valence-electron chi connectivity index (χ1n) is 6.13. The second-order valence-corrected chi connectivity index (χ2v) is 4.58. The lowest BCUT2D eigenvalue weighted by Gasteiger charge is -2.33. The van der Waals surface area contributed by atoms with Crippen molar-refractivity contribution in [2.75, 3.05) is 13.2 Å². The fourth-order valence-electron chi connectivity index (χ4n) is 2.11. The molecule has 1 fully saturated rings. The average Bonchev–Trinajstić information content (AvgIpc) is 2.40. The SMILES string of the molecule is O=C(Cc1ccncc1)NC1(C(=O)O)CCOCC1. The highest BCUT2D eigenvalue weighted by Crippen LogP contribution is 2.21. The number of hydrogen-bond acceptors (Lipinski definition) is 4. The molecule has 102 valence electrons.